The maximum absolute atomic E-state index is 14.0. The van der Waals surface area contributed by atoms with Crippen LogP contribution in [0.2, 0.25) is 0 Å². The van der Waals surface area contributed by atoms with Crippen molar-refractivity contribution in [1.29, 1.82) is 0 Å². The van der Waals surface area contributed by atoms with Crippen LogP contribution in [0.3, 0.4) is 0 Å². The third kappa shape index (κ3) is 4.34. The molecule has 2 rings (SSSR count). The zero-order valence-corrected chi connectivity index (χ0v) is 12.3. The van der Waals surface area contributed by atoms with E-state index >= 15 is 0 Å². The van der Waals surface area contributed by atoms with Gasteiger partial charge in [-0.15, -0.1) is 0 Å². The van der Waals surface area contributed by atoms with Crippen LogP contribution in [0.1, 0.15) is 5.56 Å². The van der Waals surface area contributed by atoms with Gasteiger partial charge < -0.3 is 10.1 Å². The van der Waals surface area contributed by atoms with Gasteiger partial charge in [0.15, 0.2) is 0 Å². The first-order valence-corrected chi connectivity index (χ1v) is 7.33. The van der Waals surface area contributed by atoms with Gasteiger partial charge in [0.1, 0.15) is 5.82 Å². The van der Waals surface area contributed by atoms with Gasteiger partial charge >= 0.3 is 0 Å². The molecule has 0 amide bonds. The monoisotopic (exact) mass is 291 g/mol. The van der Waals surface area contributed by atoms with Crippen LogP contribution in [0.4, 0.5) is 4.39 Å². The summed E-state index contributed by atoms with van der Waals surface area (Å²) in [6.07, 6.45) is 0. The molecule has 106 valence electrons. The number of hydrogen-bond donors (Lipinski definition) is 1. The highest BCUT2D eigenvalue weighted by Crippen LogP contribution is 2.32. The summed E-state index contributed by atoms with van der Waals surface area (Å²) in [4.78, 5) is 1.72. The van der Waals surface area contributed by atoms with Gasteiger partial charge in [0.05, 0.1) is 11.5 Å². The predicted molar refractivity (Wildman–Crippen MR) is 80.5 cm³/mol. The average Bonchev–Trinajstić information content (AvgIpc) is 2.48. The second-order valence-electron chi connectivity index (χ2n) is 4.31. The third-order valence-corrected chi connectivity index (χ3v) is 3.98. The highest BCUT2D eigenvalue weighted by atomic mass is 32.2. The molecule has 0 aliphatic rings. The summed E-state index contributed by atoms with van der Waals surface area (Å²) in [5.74, 6) is -0.176. The lowest BCUT2D eigenvalue weighted by Gasteiger charge is -2.11. The normalized spacial score (nSPS) is 10.7. The van der Waals surface area contributed by atoms with Crippen molar-refractivity contribution in [3.8, 4) is 0 Å². The average molecular weight is 291 g/mol. The Morgan fingerprint density at radius 2 is 1.90 bits per heavy atom. The lowest BCUT2D eigenvalue weighted by atomic mass is 10.2. The molecule has 0 atom stereocenters. The summed E-state index contributed by atoms with van der Waals surface area (Å²) < 4.78 is 19.0. The summed E-state index contributed by atoms with van der Waals surface area (Å²) in [6, 6.07) is 15.0. The number of ether oxygens (including phenoxy) is 1. The van der Waals surface area contributed by atoms with Crippen molar-refractivity contribution in [3.05, 3.63) is 59.9 Å². The van der Waals surface area contributed by atoms with Crippen LogP contribution in [0.15, 0.2) is 58.3 Å². The van der Waals surface area contributed by atoms with Gasteiger partial charge in [-0.3, -0.25) is 0 Å². The Hall–Kier alpha value is -1.36. The first-order chi connectivity index (χ1) is 9.81. The zero-order valence-electron chi connectivity index (χ0n) is 11.4. The predicted octanol–water partition coefficient (Wildman–Crippen LogP) is 3.71. The highest BCUT2D eigenvalue weighted by molar-refractivity contribution is 7.99. The van der Waals surface area contributed by atoms with Crippen LogP contribution < -0.4 is 5.32 Å². The molecule has 0 aliphatic heterocycles. The fraction of sp³-hybridized carbons (Fsp3) is 0.250. The first kappa shape index (κ1) is 15.0. The number of rotatable bonds is 7. The molecule has 2 nitrogen and oxygen atoms in total. The standard InChI is InChI=1S/C16H18FNOS/c1-19-11-10-18-12-13-6-5-9-15(17)16(13)20-14-7-3-2-4-8-14/h2-9,18H,10-12H2,1H3. The molecule has 0 aromatic heterocycles. The molecule has 2 aromatic carbocycles. The Balaban J connectivity index is 2.10. The molecular formula is C16H18FNOS. The highest BCUT2D eigenvalue weighted by Gasteiger charge is 2.09. The smallest absolute Gasteiger partial charge is 0.137 e. The molecule has 1 N–H and O–H groups in total. The molecular weight excluding hydrogens is 273 g/mol. The molecule has 20 heavy (non-hydrogen) atoms. The van der Waals surface area contributed by atoms with Crippen LogP contribution >= 0.6 is 11.8 Å². The van der Waals surface area contributed by atoms with E-state index in [1.54, 1.807) is 13.2 Å². The van der Waals surface area contributed by atoms with E-state index in [1.807, 2.05) is 36.4 Å². The van der Waals surface area contributed by atoms with Crippen LogP contribution in [0, 0.1) is 5.82 Å². The Morgan fingerprint density at radius 1 is 1.10 bits per heavy atom. The summed E-state index contributed by atoms with van der Waals surface area (Å²) in [5, 5.41) is 3.25. The Bertz CT molecular complexity index is 533. The minimum absolute atomic E-state index is 0.176. The van der Waals surface area contributed by atoms with Gasteiger partial charge in [-0.05, 0) is 23.8 Å². The van der Waals surface area contributed by atoms with Crippen molar-refractivity contribution in [2.75, 3.05) is 20.3 Å². The molecule has 0 saturated carbocycles. The molecule has 0 bridgehead atoms. The van der Waals surface area contributed by atoms with E-state index in [1.165, 1.54) is 17.8 Å². The molecule has 4 heteroatoms. The fourth-order valence-electron chi connectivity index (χ4n) is 1.81. The molecule has 0 heterocycles. The maximum Gasteiger partial charge on any atom is 0.137 e. The van der Waals surface area contributed by atoms with Gasteiger partial charge in [0.2, 0.25) is 0 Å². The lowest BCUT2D eigenvalue weighted by Crippen LogP contribution is -2.19. The van der Waals surface area contributed by atoms with E-state index in [2.05, 4.69) is 5.32 Å². The van der Waals surface area contributed by atoms with Crippen molar-refractivity contribution < 1.29 is 9.13 Å². The molecule has 0 aliphatic carbocycles. The van der Waals surface area contributed by atoms with Crippen LogP contribution in [-0.2, 0) is 11.3 Å². The second kappa shape index (κ2) is 8.04. The molecule has 0 fully saturated rings. The van der Waals surface area contributed by atoms with Gasteiger partial charge in [-0.2, -0.15) is 0 Å². The number of hydrogen-bond acceptors (Lipinski definition) is 3. The maximum atomic E-state index is 14.0. The van der Waals surface area contributed by atoms with Gasteiger partial charge in [-0.25, -0.2) is 4.39 Å². The molecule has 0 spiro atoms. The quantitative estimate of drug-likeness (QED) is 0.786. The van der Waals surface area contributed by atoms with Crippen LogP contribution in [0.5, 0.6) is 0 Å². The van der Waals surface area contributed by atoms with Gasteiger partial charge in [0.25, 0.3) is 0 Å². The third-order valence-electron chi connectivity index (χ3n) is 2.81. The van der Waals surface area contributed by atoms with E-state index in [0.29, 0.717) is 18.0 Å². The van der Waals surface area contributed by atoms with Crippen molar-refractivity contribution >= 4 is 11.8 Å². The van der Waals surface area contributed by atoms with Crippen molar-refractivity contribution in [2.24, 2.45) is 0 Å². The Morgan fingerprint density at radius 3 is 2.65 bits per heavy atom. The number of halogens is 1. The topological polar surface area (TPSA) is 21.3 Å². The summed E-state index contributed by atoms with van der Waals surface area (Å²) in [7, 11) is 1.67. The zero-order chi connectivity index (χ0) is 14.2. The van der Waals surface area contributed by atoms with E-state index < -0.39 is 0 Å². The van der Waals surface area contributed by atoms with Crippen LogP contribution in [-0.4, -0.2) is 20.3 Å². The molecule has 0 unspecified atom stereocenters. The number of benzene rings is 2. The SMILES string of the molecule is COCCNCc1cccc(F)c1Sc1ccccc1. The molecule has 2 aromatic rings. The van der Waals surface area contributed by atoms with Crippen molar-refractivity contribution in [2.45, 2.75) is 16.3 Å². The van der Waals surface area contributed by atoms with Crippen molar-refractivity contribution in [1.82, 2.24) is 5.32 Å². The molecule has 0 saturated heterocycles. The largest absolute Gasteiger partial charge is 0.383 e. The Labute approximate surface area is 123 Å². The summed E-state index contributed by atoms with van der Waals surface area (Å²) >= 11 is 1.46. The van der Waals surface area contributed by atoms with Gasteiger partial charge in [0, 0.05) is 25.1 Å². The van der Waals surface area contributed by atoms with E-state index in [-0.39, 0.29) is 5.82 Å². The van der Waals surface area contributed by atoms with Crippen molar-refractivity contribution in [3.63, 3.8) is 0 Å². The fourth-order valence-corrected chi connectivity index (χ4v) is 2.78. The van der Waals surface area contributed by atoms with E-state index in [0.717, 1.165) is 17.0 Å². The number of methoxy groups -OCH3 is 1. The second-order valence-corrected chi connectivity index (χ2v) is 5.40. The number of nitrogens with one attached hydrogen (secondary N) is 1. The summed E-state index contributed by atoms with van der Waals surface area (Å²) in [5.41, 5.74) is 0.968. The van der Waals surface area contributed by atoms with Crippen LogP contribution in [0.25, 0.3) is 0 Å². The minimum Gasteiger partial charge on any atom is -0.383 e. The lowest BCUT2D eigenvalue weighted by molar-refractivity contribution is 0.199. The summed E-state index contributed by atoms with van der Waals surface area (Å²) in [6.45, 7) is 2.04. The Kier molecular flexibility index (Phi) is 6.05. The minimum atomic E-state index is -0.176. The van der Waals surface area contributed by atoms with E-state index in [4.69, 9.17) is 4.74 Å². The molecule has 0 radical (unpaired) electrons. The first-order valence-electron chi connectivity index (χ1n) is 6.51. The van der Waals surface area contributed by atoms with Gasteiger partial charge in [-0.1, -0.05) is 42.1 Å². The van der Waals surface area contributed by atoms with E-state index in [9.17, 15) is 4.39 Å².